The molecule has 0 unspecified atom stereocenters. The normalized spacial score (nSPS) is 15.1. The maximum Gasteiger partial charge on any atom is 0.0707 e. The van der Waals surface area contributed by atoms with Gasteiger partial charge in [-0.05, 0) is 64.8 Å². The highest BCUT2D eigenvalue weighted by Crippen LogP contribution is 2.52. The summed E-state index contributed by atoms with van der Waals surface area (Å²) in [4.78, 5) is 2.05. The lowest BCUT2D eigenvalue weighted by Crippen LogP contribution is -1.78. The average molecular weight is 437 g/mol. The SMILES string of the molecule is Sc1ccc(C#Cc2ccc(C#CC3=CSC(=C4SC=CS4)S3)cc2)cc1. The molecular weight excluding hydrogens is 425 g/mol. The Morgan fingerprint density at radius 2 is 1.11 bits per heavy atom. The van der Waals surface area contributed by atoms with E-state index < -0.39 is 0 Å². The number of thioether (sulfide) groups is 4. The summed E-state index contributed by atoms with van der Waals surface area (Å²) in [5, 5.41) is 6.38. The van der Waals surface area contributed by atoms with E-state index in [1.54, 1.807) is 47.0 Å². The second-order valence-electron chi connectivity index (χ2n) is 5.41. The minimum absolute atomic E-state index is 0.943. The zero-order valence-electron chi connectivity index (χ0n) is 13.9. The summed E-state index contributed by atoms with van der Waals surface area (Å²) in [6.45, 7) is 0. The Morgan fingerprint density at radius 3 is 1.70 bits per heavy atom. The van der Waals surface area contributed by atoms with Crippen LogP contribution in [-0.4, -0.2) is 0 Å². The third-order valence-corrected chi connectivity index (χ3v) is 8.72. The summed E-state index contributed by atoms with van der Waals surface area (Å²) < 4.78 is 2.68. The Kier molecular flexibility index (Phi) is 6.39. The van der Waals surface area contributed by atoms with Crippen LogP contribution in [0.5, 0.6) is 0 Å². The fourth-order valence-electron chi connectivity index (χ4n) is 2.16. The van der Waals surface area contributed by atoms with Gasteiger partial charge in [0.2, 0.25) is 0 Å². The van der Waals surface area contributed by atoms with E-state index in [2.05, 4.69) is 52.5 Å². The molecule has 0 aliphatic carbocycles. The fourth-order valence-corrected chi connectivity index (χ4v) is 6.56. The van der Waals surface area contributed by atoms with E-state index in [-0.39, 0.29) is 0 Å². The Bertz CT molecular complexity index is 1060. The van der Waals surface area contributed by atoms with Gasteiger partial charge in [0.1, 0.15) is 0 Å². The molecular formula is C22H12S5. The van der Waals surface area contributed by atoms with Crippen molar-refractivity contribution in [3.8, 4) is 23.7 Å². The summed E-state index contributed by atoms with van der Waals surface area (Å²) in [5.74, 6) is 12.9. The molecule has 0 spiro atoms. The van der Waals surface area contributed by atoms with Gasteiger partial charge in [-0.25, -0.2) is 0 Å². The highest BCUT2D eigenvalue weighted by Gasteiger charge is 2.17. The Labute approximate surface area is 182 Å². The van der Waals surface area contributed by atoms with Crippen molar-refractivity contribution in [3.63, 3.8) is 0 Å². The molecule has 0 saturated carbocycles. The molecule has 0 aromatic heterocycles. The number of allylic oxidation sites excluding steroid dienone is 1. The molecule has 2 aliphatic rings. The second-order valence-corrected chi connectivity index (χ2v) is 10.2. The fraction of sp³-hybridized carbons (Fsp3) is 0. The van der Waals surface area contributed by atoms with Crippen molar-refractivity contribution in [3.05, 3.63) is 94.8 Å². The maximum atomic E-state index is 4.29. The van der Waals surface area contributed by atoms with E-state index in [0.29, 0.717) is 0 Å². The quantitative estimate of drug-likeness (QED) is 0.344. The van der Waals surface area contributed by atoms with Crippen LogP contribution in [0.3, 0.4) is 0 Å². The first-order valence-corrected chi connectivity index (χ1v) is 11.9. The largest absolute Gasteiger partial charge is 0.143 e. The van der Waals surface area contributed by atoms with Crippen molar-refractivity contribution >= 4 is 59.7 Å². The standard InChI is InChI=1S/C22H12S5/c23-19-10-7-18(8-11-19)6-3-16-1-4-17(5-2-16)9-12-20-15-26-22(27-20)21-24-13-14-25-21/h1-2,4-5,7-8,10-11,13-15,23H. The first kappa shape index (κ1) is 18.9. The van der Waals surface area contributed by atoms with Crippen molar-refractivity contribution in [2.75, 3.05) is 0 Å². The van der Waals surface area contributed by atoms with Crippen molar-refractivity contribution in [1.29, 1.82) is 0 Å². The third-order valence-electron chi connectivity index (χ3n) is 3.48. The molecule has 27 heavy (non-hydrogen) atoms. The van der Waals surface area contributed by atoms with Gasteiger partial charge < -0.3 is 0 Å². The first-order chi connectivity index (χ1) is 13.3. The average Bonchev–Trinajstić information content (AvgIpc) is 3.38. The lowest BCUT2D eigenvalue weighted by Gasteiger charge is -1.98. The van der Waals surface area contributed by atoms with E-state index >= 15 is 0 Å². The molecule has 0 saturated heterocycles. The Hall–Kier alpha value is -1.47. The van der Waals surface area contributed by atoms with Crippen LogP contribution in [0, 0.1) is 23.7 Å². The van der Waals surface area contributed by atoms with Crippen molar-refractivity contribution in [2.24, 2.45) is 0 Å². The van der Waals surface area contributed by atoms with Gasteiger partial charge in [-0.1, -0.05) is 70.7 Å². The molecule has 2 aromatic rings. The minimum atomic E-state index is 0.943. The van der Waals surface area contributed by atoms with Gasteiger partial charge in [0, 0.05) is 21.6 Å². The lowest BCUT2D eigenvalue weighted by molar-refractivity contribution is 1.46. The van der Waals surface area contributed by atoms with Crippen LogP contribution >= 0.6 is 59.7 Å². The molecule has 0 fully saturated rings. The maximum absolute atomic E-state index is 4.29. The van der Waals surface area contributed by atoms with Gasteiger partial charge in [-0.3, -0.25) is 0 Å². The highest BCUT2D eigenvalue weighted by molar-refractivity contribution is 8.33. The predicted molar refractivity (Wildman–Crippen MR) is 128 cm³/mol. The van der Waals surface area contributed by atoms with Crippen LogP contribution in [0.1, 0.15) is 16.7 Å². The van der Waals surface area contributed by atoms with Gasteiger partial charge in [0.25, 0.3) is 0 Å². The van der Waals surface area contributed by atoms with Gasteiger partial charge >= 0.3 is 0 Å². The van der Waals surface area contributed by atoms with Crippen LogP contribution < -0.4 is 0 Å². The van der Waals surface area contributed by atoms with Gasteiger partial charge in [0.15, 0.2) is 0 Å². The molecule has 5 heteroatoms. The molecule has 130 valence electrons. The molecule has 0 amide bonds. The molecule has 2 heterocycles. The van der Waals surface area contributed by atoms with Gasteiger partial charge in [-0.15, -0.1) is 12.6 Å². The predicted octanol–water partition coefficient (Wildman–Crippen LogP) is 7.13. The van der Waals surface area contributed by atoms with Gasteiger partial charge in [0.05, 0.1) is 13.4 Å². The molecule has 2 aliphatic heterocycles. The number of hydrogen-bond acceptors (Lipinski definition) is 5. The zero-order chi connectivity index (χ0) is 18.5. The number of thiol groups is 1. The van der Waals surface area contributed by atoms with Gasteiger partial charge in [-0.2, -0.15) is 0 Å². The summed E-state index contributed by atoms with van der Waals surface area (Å²) in [6.07, 6.45) is 0. The lowest BCUT2D eigenvalue weighted by atomic mass is 10.1. The minimum Gasteiger partial charge on any atom is -0.143 e. The smallest absolute Gasteiger partial charge is 0.0707 e. The van der Waals surface area contributed by atoms with E-state index in [0.717, 1.165) is 26.5 Å². The van der Waals surface area contributed by atoms with E-state index in [1.165, 1.54) is 8.47 Å². The topological polar surface area (TPSA) is 0 Å². The molecule has 0 bridgehead atoms. The van der Waals surface area contributed by atoms with Crippen LogP contribution in [0.4, 0.5) is 0 Å². The first-order valence-electron chi connectivity index (χ1n) is 7.97. The third kappa shape index (κ3) is 5.29. The second kappa shape index (κ2) is 9.15. The monoisotopic (exact) mass is 436 g/mol. The van der Waals surface area contributed by atoms with E-state index in [9.17, 15) is 0 Å². The summed E-state index contributed by atoms with van der Waals surface area (Å²) in [6, 6.07) is 15.9. The number of hydrogen-bond donors (Lipinski definition) is 1. The van der Waals surface area contributed by atoms with Crippen molar-refractivity contribution < 1.29 is 0 Å². The Balaban J connectivity index is 1.40. The molecule has 4 rings (SSSR count). The van der Waals surface area contributed by atoms with Crippen LogP contribution in [0.15, 0.2) is 83.0 Å². The summed E-state index contributed by atoms with van der Waals surface area (Å²) in [5.41, 5.74) is 2.97. The molecule has 0 atom stereocenters. The van der Waals surface area contributed by atoms with Crippen LogP contribution in [-0.2, 0) is 0 Å². The van der Waals surface area contributed by atoms with Crippen molar-refractivity contribution in [2.45, 2.75) is 4.90 Å². The number of benzene rings is 2. The summed E-state index contributed by atoms with van der Waals surface area (Å²) in [7, 11) is 0. The van der Waals surface area contributed by atoms with Crippen molar-refractivity contribution in [1.82, 2.24) is 0 Å². The molecule has 2 aromatic carbocycles. The molecule has 0 radical (unpaired) electrons. The van der Waals surface area contributed by atoms with Crippen LogP contribution in [0.25, 0.3) is 0 Å². The van der Waals surface area contributed by atoms with E-state index in [1.807, 2.05) is 48.5 Å². The summed E-state index contributed by atoms with van der Waals surface area (Å²) >= 11 is 11.4. The zero-order valence-corrected chi connectivity index (χ0v) is 18.1. The molecule has 0 N–H and O–H groups in total. The number of rotatable bonds is 0. The molecule has 0 nitrogen and oxygen atoms in total. The Morgan fingerprint density at radius 1 is 0.593 bits per heavy atom. The van der Waals surface area contributed by atoms with E-state index in [4.69, 9.17) is 0 Å². The highest BCUT2D eigenvalue weighted by atomic mass is 32.2. The van der Waals surface area contributed by atoms with Crippen LogP contribution in [0.2, 0.25) is 0 Å².